The predicted molar refractivity (Wildman–Crippen MR) is 95.7 cm³/mol. The molecule has 190 valence electrons. The van der Waals surface area contributed by atoms with Gasteiger partial charge in [0.1, 0.15) is 6.54 Å². The maximum Gasteiger partial charge on any atom is 4.00 e. The summed E-state index contributed by atoms with van der Waals surface area (Å²) in [6.45, 7) is 2.66. The molecule has 0 heterocycles. The van der Waals surface area contributed by atoms with Crippen molar-refractivity contribution in [3.63, 3.8) is 0 Å². The summed E-state index contributed by atoms with van der Waals surface area (Å²) in [5.74, 6) is -8.42. The monoisotopic (exact) mass is 707 g/mol. The van der Waals surface area contributed by atoms with Crippen molar-refractivity contribution < 1.29 is 72.6 Å². The van der Waals surface area contributed by atoms with E-state index in [1.54, 1.807) is 0 Å². The van der Waals surface area contributed by atoms with Crippen molar-refractivity contribution in [3.8, 4) is 0 Å². The van der Waals surface area contributed by atoms with E-state index in [1.807, 2.05) is 0 Å². The van der Waals surface area contributed by atoms with Gasteiger partial charge in [-0.1, -0.05) is 0 Å². The van der Waals surface area contributed by atoms with Crippen LogP contribution in [0, 0.1) is 5.92 Å². The number of halogens is 4. The molecule has 0 spiro atoms. The summed E-state index contributed by atoms with van der Waals surface area (Å²) in [4.78, 5) is 55.8. The number of aliphatic carboxylic acids is 6. The van der Waals surface area contributed by atoms with Gasteiger partial charge in [0.05, 0.1) is 5.92 Å². The van der Waals surface area contributed by atoms with Crippen molar-refractivity contribution in [1.29, 1.82) is 0 Å². The van der Waals surface area contributed by atoms with Crippen LogP contribution in [0.3, 0.4) is 0 Å². The summed E-state index contributed by atoms with van der Waals surface area (Å²) in [6.07, 6.45) is -4.98. The third-order valence-electron chi connectivity index (χ3n) is 2.11. The zero-order chi connectivity index (χ0) is 26.1. The molecule has 18 heteroatoms. The maximum atomic E-state index is 12.3. The van der Waals surface area contributed by atoms with Gasteiger partial charge in [0.15, 0.2) is 0 Å². The average molecular weight is 707 g/mol. The van der Waals surface area contributed by atoms with E-state index in [9.17, 15) is 22.8 Å². The van der Waals surface area contributed by atoms with Gasteiger partial charge in [-0.15, -0.1) is 12.4 Å². The van der Waals surface area contributed by atoms with E-state index in [0.717, 1.165) is 27.7 Å². The summed E-state index contributed by atoms with van der Waals surface area (Å²) in [5.41, 5.74) is 0. The Kier molecular flexibility index (Phi) is 30.9. The maximum absolute atomic E-state index is 12.3. The van der Waals surface area contributed by atoms with Gasteiger partial charge in [-0.25, -0.2) is 0 Å². The van der Waals surface area contributed by atoms with Gasteiger partial charge in [-0.05, 0) is 34.1 Å². The van der Waals surface area contributed by atoms with Crippen LogP contribution in [0.4, 0.5) is 13.2 Å². The molecule has 0 amide bonds. The molecule has 1 aliphatic carbocycles. The average Bonchev–Trinajstić information content (AvgIpc) is 3.20. The first kappa shape index (κ1) is 44.5. The summed E-state index contributed by atoms with van der Waals surface area (Å²) >= 11 is 0. The molecule has 0 radical (unpaired) electrons. The number of carbonyl (C=O) groups is 6. The minimum atomic E-state index is -4.81. The summed E-state index contributed by atoms with van der Waals surface area (Å²) in [7, 11) is 0. The fourth-order valence-corrected chi connectivity index (χ4v) is 1.33. The van der Waals surface area contributed by atoms with Crippen LogP contribution in [0.15, 0.2) is 0 Å². The van der Waals surface area contributed by atoms with Crippen molar-refractivity contribution >= 4 is 75.5 Å². The second kappa shape index (κ2) is 23.0. The van der Waals surface area contributed by atoms with Crippen molar-refractivity contribution in [1.82, 2.24) is 4.90 Å². The van der Waals surface area contributed by atoms with E-state index in [1.165, 1.54) is 0 Å². The molecule has 0 aromatic heterocycles. The molecule has 13 nitrogen and oxygen atoms in total. The Morgan fingerprint density at radius 1 is 0.818 bits per heavy atom. The number of hydrogen-bond acceptors (Lipinski definition) is 11. The van der Waals surface area contributed by atoms with Crippen LogP contribution in [-0.2, 0) is 28.8 Å². The van der Waals surface area contributed by atoms with Crippen LogP contribution in [0.2, 0.25) is 0 Å². The Balaban J connectivity index is -0.0000000842. The largest absolute Gasteiger partial charge is 4.00 e. The molecule has 2 unspecified atom stereocenters. The molecule has 0 aromatic carbocycles. The number of alkyl halides is 3. The van der Waals surface area contributed by atoms with Crippen LogP contribution in [-0.4, -0.2) is 97.1 Å². The topological polar surface area (TPSA) is 238 Å². The van der Waals surface area contributed by atoms with Gasteiger partial charge in [-0.2, -0.15) is 18.1 Å². The van der Waals surface area contributed by atoms with Gasteiger partial charge >= 0.3 is 45.5 Å². The third-order valence-corrected chi connectivity index (χ3v) is 2.11. The summed E-state index contributed by atoms with van der Waals surface area (Å²) < 4.78 is 36.8. The standard InChI is InChI=1S/C7H8F3NO4.4C2H4O2.ClH.Pb/c8-7(9,10)11(2-5(12)13)4-1-3(4)6(14)15;4*1-2(3)4;;/h3-4H,1-2H2,(H,12,13)(H,14,15);4*1H3,(H,3,4);1H;/q;;;;;;+4/p-4. The third kappa shape index (κ3) is 48.4. The van der Waals surface area contributed by atoms with Crippen LogP contribution < -0.4 is 20.4 Å². The number of hydrogen-bond donors (Lipinski definition) is 2. The smallest absolute Gasteiger partial charge is 0.550 e. The SMILES string of the molecule is CC(=O)[O-].CC(=O)[O-].CC(=O)[O-].CC(=O)[O-].Cl.O=C(O)CN(C1CC1C(=O)O)C(F)(F)F.[Pb+4]. The Bertz CT molecular complexity index is 570. The number of carbonyl (C=O) groups excluding carboxylic acids is 4. The molecular formula is C15H21ClF3NO12Pb. The minimum Gasteiger partial charge on any atom is -0.550 e. The number of carboxylic acid groups (broad SMARTS) is 6. The predicted octanol–water partition coefficient (Wildman–Crippen LogP) is -4.57. The fourth-order valence-electron chi connectivity index (χ4n) is 1.33. The van der Waals surface area contributed by atoms with E-state index in [4.69, 9.17) is 49.8 Å². The number of rotatable bonds is 4. The van der Waals surface area contributed by atoms with Gasteiger partial charge < -0.3 is 49.8 Å². The Labute approximate surface area is 211 Å². The van der Waals surface area contributed by atoms with Gasteiger partial charge in [0, 0.05) is 29.9 Å². The van der Waals surface area contributed by atoms with E-state index in [-0.39, 0.29) is 51.0 Å². The molecule has 1 saturated carbocycles. The van der Waals surface area contributed by atoms with Gasteiger partial charge in [0.2, 0.25) is 0 Å². The Hall–Kier alpha value is -2.22. The summed E-state index contributed by atoms with van der Waals surface area (Å²) in [6, 6.07) is -1.25. The Morgan fingerprint density at radius 3 is 1.18 bits per heavy atom. The number of carboxylic acids is 6. The van der Waals surface area contributed by atoms with Crippen molar-refractivity contribution in [2.75, 3.05) is 6.54 Å². The second-order valence-electron chi connectivity index (χ2n) is 5.20. The zero-order valence-electron chi connectivity index (χ0n) is 17.5. The molecule has 1 aliphatic rings. The number of nitrogens with zero attached hydrogens (tertiary/aromatic N) is 1. The van der Waals surface area contributed by atoms with Crippen molar-refractivity contribution in [3.05, 3.63) is 0 Å². The van der Waals surface area contributed by atoms with E-state index >= 15 is 0 Å². The molecule has 1 rings (SSSR count). The van der Waals surface area contributed by atoms with Crippen LogP contribution in [0.25, 0.3) is 0 Å². The van der Waals surface area contributed by atoms with Crippen LogP contribution >= 0.6 is 12.4 Å². The van der Waals surface area contributed by atoms with E-state index in [0.29, 0.717) is 0 Å². The molecule has 0 aromatic rings. The van der Waals surface area contributed by atoms with E-state index in [2.05, 4.69) is 0 Å². The quantitative estimate of drug-likeness (QED) is 0.207. The zero-order valence-corrected chi connectivity index (χ0v) is 22.2. The molecule has 2 N–H and O–H groups in total. The summed E-state index contributed by atoms with van der Waals surface area (Å²) in [5, 5.41) is 52.2. The minimum absolute atomic E-state index is 0. The van der Waals surface area contributed by atoms with Crippen LogP contribution in [0.5, 0.6) is 0 Å². The normalized spacial score (nSPS) is 14.5. The second-order valence-corrected chi connectivity index (χ2v) is 5.20. The Morgan fingerprint density at radius 2 is 1.06 bits per heavy atom. The molecule has 0 saturated heterocycles. The van der Waals surface area contributed by atoms with Crippen molar-refractivity contribution in [2.45, 2.75) is 46.5 Å². The molecule has 0 bridgehead atoms. The van der Waals surface area contributed by atoms with Crippen molar-refractivity contribution in [2.24, 2.45) is 5.92 Å². The fraction of sp³-hybridized carbons (Fsp3) is 0.600. The van der Waals surface area contributed by atoms with E-state index < -0.39 is 60.6 Å². The van der Waals surface area contributed by atoms with Gasteiger partial charge in [-0.3, -0.25) is 9.59 Å². The molecule has 2 atom stereocenters. The molecule has 1 fully saturated rings. The first-order valence-electron chi connectivity index (χ1n) is 7.65. The first-order chi connectivity index (χ1) is 13.7. The van der Waals surface area contributed by atoms with Crippen LogP contribution in [0.1, 0.15) is 34.1 Å². The first-order valence-corrected chi connectivity index (χ1v) is 7.65. The molecular weight excluding hydrogens is 686 g/mol. The molecule has 33 heavy (non-hydrogen) atoms. The van der Waals surface area contributed by atoms with Gasteiger partial charge in [0.25, 0.3) is 0 Å². The molecule has 0 aliphatic heterocycles.